The molecule has 0 saturated heterocycles. The van der Waals surface area contributed by atoms with Gasteiger partial charge in [0.25, 0.3) is 11.8 Å². The van der Waals surface area contributed by atoms with Crippen LogP contribution in [0.2, 0.25) is 0 Å². The third-order valence-corrected chi connectivity index (χ3v) is 6.69. The minimum atomic E-state index is -0.259. The predicted molar refractivity (Wildman–Crippen MR) is 138 cm³/mol. The highest BCUT2D eigenvalue weighted by molar-refractivity contribution is 7.09. The number of nitrogens with zero attached hydrogens (tertiary/aromatic N) is 4. The smallest absolute Gasteiger partial charge is 0.282 e. The van der Waals surface area contributed by atoms with E-state index < -0.39 is 0 Å². The van der Waals surface area contributed by atoms with E-state index in [4.69, 9.17) is 9.47 Å². The fraction of sp³-hybridized carbons (Fsp3) is 0.259. The van der Waals surface area contributed by atoms with Crippen molar-refractivity contribution < 1.29 is 19.1 Å². The van der Waals surface area contributed by atoms with Gasteiger partial charge in [-0.2, -0.15) is 0 Å². The summed E-state index contributed by atoms with van der Waals surface area (Å²) in [5.74, 6) is 0.760. The van der Waals surface area contributed by atoms with E-state index in [1.807, 2.05) is 25.1 Å². The first-order chi connectivity index (χ1) is 17.5. The number of rotatable bonds is 10. The number of aryl methyl sites for hydroxylation is 1. The molecule has 4 aromatic rings. The zero-order valence-corrected chi connectivity index (χ0v) is 21.3. The lowest BCUT2D eigenvalue weighted by molar-refractivity contribution is 0.0740. The molecule has 1 amide bonds. The van der Waals surface area contributed by atoms with Crippen LogP contribution in [0.3, 0.4) is 0 Å². The molecule has 8 nitrogen and oxygen atoms in total. The minimum Gasteiger partial charge on any atom is -0.496 e. The van der Waals surface area contributed by atoms with Crippen molar-refractivity contribution in [3.63, 3.8) is 0 Å². The number of carbonyl (C=O) groups is 2. The summed E-state index contributed by atoms with van der Waals surface area (Å²) in [6.07, 6.45) is 6.19. The van der Waals surface area contributed by atoms with Crippen molar-refractivity contribution in [2.24, 2.45) is 0 Å². The number of amides is 1. The molecule has 0 aliphatic carbocycles. The van der Waals surface area contributed by atoms with Gasteiger partial charge in [-0.1, -0.05) is 30.3 Å². The lowest BCUT2D eigenvalue weighted by Gasteiger charge is -2.23. The first kappa shape index (κ1) is 25.1. The zero-order chi connectivity index (χ0) is 25.5. The maximum absolute atomic E-state index is 13.7. The zero-order valence-electron chi connectivity index (χ0n) is 20.5. The van der Waals surface area contributed by atoms with E-state index in [-0.39, 0.29) is 18.4 Å². The molecule has 0 spiro atoms. The summed E-state index contributed by atoms with van der Waals surface area (Å²) >= 11 is 1.35. The van der Waals surface area contributed by atoms with E-state index >= 15 is 0 Å². The number of hydrogen-bond donors (Lipinski definition) is 0. The van der Waals surface area contributed by atoms with Gasteiger partial charge in [0.15, 0.2) is 0 Å². The van der Waals surface area contributed by atoms with Gasteiger partial charge in [-0.05, 0) is 37.5 Å². The Morgan fingerprint density at radius 3 is 2.44 bits per heavy atom. The van der Waals surface area contributed by atoms with Gasteiger partial charge in [0, 0.05) is 35.4 Å². The average molecular weight is 505 g/mol. The Kier molecular flexibility index (Phi) is 8.12. The fourth-order valence-electron chi connectivity index (χ4n) is 3.92. The van der Waals surface area contributed by atoms with E-state index in [2.05, 4.69) is 22.1 Å². The van der Waals surface area contributed by atoms with Gasteiger partial charge in [0.1, 0.15) is 28.5 Å². The number of benzene rings is 2. The highest BCUT2D eigenvalue weighted by Crippen LogP contribution is 2.30. The fourth-order valence-corrected chi connectivity index (χ4v) is 4.70. The van der Waals surface area contributed by atoms with E-state index in [1.54, 1.807) is 49.0 Å². The van der Waals surface area contributed by atoms with Crippen LogP contribution in [0.25, 0.3) is 0 Å². The molecule has 4 rings (SSSR count). The lowest BCUT2D eigenvalue weighted by atomic mass is 10.1. The molecule has 2 aromatic heterocycles. The van der Waals surface area contributed by atoms with Gasteiger partial charge < -0.3 is 14.4 Å². The summed E-state index contributed by atoms with van der Waals surface area (Å²) in [4.78, 5) is 36.5. The molecule has 0 unspecified atom stereocenters. The molecular weight excluding hydrogens is 476 g/mol. The molecule has 186 valence electrons. The summed E-state index contributed by atoms with van der Waals surface area (Å²) in [5, 5.41) is 2.39. The molecule has 0 atom stereocenters. The molecular formula is C27H28N4O4S. The van der Waals surface area contributed by atoms with Crippen molar-refractivity contribution in [3.8, 4) is 11.5 Å². The largest absolute Gasteiger partial charge is 0.496 e. The second-order valence-corrected chi connectivity index (χ2v) is 9.17. The van der Waals surface area contributed by atoms with Gasteiger partial charge >= 0.3 is 0 Å². The highest BCUT2D eigenvalue weighted by atomic mass is 32.1. The van der Waals surface area contributed by atoms with E-state index in [0.29, 0.717) is 34.3 Å². The number of carbonyl (C=O) groups excluding carboxylic acids is 2. The van der Waals surface area contributed by atoms with E-state index in [0.717, 1.165) is 18.4 Å². The first-order valence-corrected chi connectivity index (χ1v) is 12.4. The summed E-state index contributed by atoms with van der Waals surface area (Å²) in [7, 11) is 3.14. The molecule has 0 saturated carbocycles. The van der Waals surface area contributed by atoms with Crippen LogP contribution in [0.1, 0.15) is 43.4 Å². The molecule has 0 aliphatic rings. The Labute approximate surface area is 214 Å². The number of aromatic nitrogens is 3. The first-order valence-electron chi connectivity index (χ1n) is 11.5. The highest BCUT2D eigenvalue weighted by Gasteiger charge is 2.22. The Bertz CT molecular complexity index is 1290. The molecule has 2 aromatic carbocycles. The number of imidazole rings is 1. The molecule has 0 radical (unpaired) electrons. The molecule has 0 bridgehead atoms. The van der Waals surface area contributed by atoms with Crippen LogP contribution in [0, 0.1) is 6.92 Å². The van der Waals surface area contributed by atoms with Crippen LogP contribution >= 0.6 is 11.3 Å². The summed E-state index contributed by atoms with van der Waals surface area (Å²) in [6, 6.07) is 13.6. The normalized spacial score (nSPS) is 10.8. The van der Waals surface area contributed by atoms with Crippen molar-refractivity contribution in [2.45, 2.75) is 26.3 Å². The standard InChI is InChI=1S/C27H28N4O4S/c1-19-23(34-2)14-21(15-24(19)35-3)26(32)30(12-7-10-20-8-5-4-6-9-20)16-25-29-22(17-36-25)27(33)31-13-11-28-18-31/h4-6,8-9,11,13-15,17-18H,7,10,12,16H2,1-3H3. The predicted octanol–water partition coefficient (Wildman–Crippen LogP) is 4.63. The Balaban J connectivity index is 1.56. The van der Waals surface area contributed by atoms with Crippen LogP contribution in [-0.4, -0.2) is 52.0 Å². The van der Waals surface area contributed by atoms with Gasteiger partial charge in [0.2, 0.25) is 0 Å². The van der Waals surface area contributed by atoms with E-state index in [1.165, 1.54) is 27.8 Å². The Morgan fingerprint density at radius 1 is 1.08 bits per heavy atom. The molecule has 0 N–H and O–H groups in total. The number of ether oxygens (including phenoxy) is 2. The minimum absolute atomic E-state index is 0.155. The third-order valence-electron chi connectivity index (χ3n) is 5.86. The third kappa shape index (κ3) is 5.80. The van der Waals surface area contributed by atoms with Crippen molar-refractivity contribution in [2.75, 3.05) is 20.8 Å². The van der Waals surface area contributed by atoms with E-state index in [9.17, 15) is 9.59 Å². The second kappa shape index (κ2) is 11.6. The average Bonchev–Trinajstić information content (AvgIpc) is 3.61. The Hall–Kier alpha value is -3.98. The summed E-state index contributed by atoms with van der Waals surface area (Å²) in [5.41, 5.74) is 2.84. The number of hydrogen-bond acceptors (Lipinski definition) is 7. The molecule has 2 heterocycles. The maximum atomic E-state index is 13.7. The number of methoxy groups -OCH3 is 2. The topological polar surface area (TPSA) is 86.6 Å². The van der Waals surface area contributed by atoms with Crippen LogP contribution in [0.4, 0.5) is 0 Å². The second-order valence-electron chi connectivity index (χ2n) is 8.22. The quantitative estimate of drug-likeness (QED) is 0.313. The van der Waals surface area contributed by atoms with Gasteiger partial charge in [0.05, 0.1) is 20.8 Å². The molecule has 0 fully saturated rings. The van der Waals surface area contributed by atoms with Crippen LogP contribution in [-0.2, 0) is 13.0 Å². The van der Waals surface area contributed by atoms with Gasteiger partial charge in [-0.3, -0.25) is 14.2 Å². The Morgan fingerprint density at radius 2 is 1.81 bits per heavy atom. The molecule has 9 heteroatoms. The lowest BCUT2D eigenvalue weighted by Crippen LogP contribution is -2.32. The maximum Gasteiger partial charge on any atom is 0.282 e. The molecule has 36 heavy (non-hydrogen) atoms. The monoisotopic (exact) mass is 504 g/mol. The van der Waals surface area contributed by atoms with Crippen molar-refractivity contribution in [3.05, 3.63) is 94.0 Å². The molecule has 0 aliphatic heterocycles. The summed E-state index contributed by atoms with van der Waals surface area (Å²) < 4.78 is 12.3. The summed E-state index contributed by atoms with van der Waals surface area (Å²) in [6.45, 7) is 2.70. The van der Waals surface area contributed by atoms with Crippen LogP contribution in [0.15, 0.2) is 66.6 Å². The van der Waals surface area contributed by atoms with Crippen molar-refractivity contribution in [1.82, 2.24) is 19.4 Å². The van der Waals surface area contributed by atoms with Crippen LogP contribution in [0.5, 0.6) is 11.5 Å². The van der Waals surface area contributed by atoms with Gasteiger partial charge in [-0.15, -0.1) is 11.3 Å². The van der Waals surface area contributed by atoms with Crippen molar-refractivity contribution >= 4 is 23.2 Å². The number of thiazole rings is 1. The van der Waals surface area contributed by atoms with Crippen LogP contribution < -0.4 is 9.47 Å². The SMILES string of the molecule is COc1cc(C(=O)N(CCCc2ccccc2)Cc2nc(C(=O)n3ccnc3)cs2)cc(OC)c1C. The van der Waals surface area contributed by atoms with Gasteiger partial charge in [-0.25, -0.2) is 9.97 Å². The van der Waals surface area contributed by atoms with Crippen molar-refractivity contribution in [1.29, 1.82) is 0 Å².